The summed E-state index contributed by atoms with van der Waals surface area (Å²) in [5, 5.41) is 14.5. The number of nitrogens with zero attached hydrogens (tertiary/aromatic N) is 3. The fourth-order valence-electron chi connectivity index (χ4n) is 2.37. The molecule has 0 radical (unpaired) electrons. The normalized spacial score (nSPS) is 11.5. The molecule has 2 aromatic carbocycles. The molecule has 0 bridgehead atoms. The number of benzene rings is 2. The Balaban J connectivity index is 2.08. The number of carbonyl (C=O) groups excluding carboxylic acids is 1. The van der Waals surface area contributed by atoms with Crippen molar-refractivity contribution in [3.05, 3.63) is 58.1 Å². The van der Waals surface area contributed by atoms with Crippen LogP contribution in [0.25, 0.3) is 0 Å². The molecule has 0 spiro atoms. The van der Waals surface area contributed by atoms with Crippen molar-refractivity contribution >= 4 is 27.8 Å². The number of nitro benzene ring substituents is 1. The maximum absolute atomic E-state index is 12.8. The number of nitrogens with one attached hydrogen (secondary N) is 1. The summed E-state index contributed by atoms with van der Waals surface area (Å²) >= 11 is 0. The van der Waals surface area contributed by atoms with Crippen molar-refractivity contribution in [1.29, 1.82) is 0 Å². The molecule has 0 heterocycles. The van der Waals surface area contributed by atoms with Crippen LogP contribution in [0, 0.1) is 10.1 Å². The monoisotopic (exact) mass is 436 g/mol. The first-order valence-corrected chi connectivity index (χ1v) is 9.87. The number of methoxy groups -OCH3 is 2. The van der Waals surface area contributed by atoms with E-state index in [4.69, 9.17) is 9.47 Å². The average Bonchev–Trinajstić information content (AvgIpc) is 2.73. The Hall–Kier alpha value is -3.51. The lowest BCUT2D eigenvalue weighted by atomic mass is 10.2. The van der Waals surface area contributed by atoms with Gasteiger partial charge in [0.2, 0.25) is 10.0 Å². The average molecular weight is 436 g/mol. The number of hydrazone groups is 1. The highest BCUT2D eigenvalue weighted by Gasteiger charge is 2.27. The van der Waals surface area contributed by atoms with Crippen LogP contribution in [0.2, 0.25) is 0 Å². The quantitative estimate of drug-likeness (QED) is 0.356. The van der Waals surface area contributed by atoms with Gasteiger partial charge in [0, 0.05) is 30.8 Å². The van der Waals surface area contributed by atoms with Gasteiger partial charge in [-0.15, -0.1) is 0 Å². The molecule has 2 aromatic rings. The number of sulfonamides is 1. The summed E-state index contributed by atoms with van der Waals surface area (Å²) in [7, 11) is -0.0998. The van der Waals surface area contributed by atoms with Gasteiger partial charge in [-0.25, -0.2) is 13.8 Å². The van der Waals surface area contributed by atoms with E-state index in [2.05, 4.69) is 10.5 Å². The second-order valence-corrected chi connectivity index (χ2v) is 7.94. The van der Waals surface area contributed by atoms with Crippen LogP contribution in [0.4, 0.5) is 5.69 Å². The summed E-state index contributed by atoms with van der Waals surface area (Å²) in [6.45, 7) is -0.519. The Morgan fingerprint density at radius 2 is 1.97 bits per heavy atom. The van der Waals surface area contributed by atoms with Gasteiger partial charge in [0.25, 0.3) is 11.6 Å². The van der Waals surface area contributed by atoms with Gasteiger partial charge in [0.05, 0.1) is 31.9 Å². The lowest BCUT2D eigenvalue weighted by molar-refractivity contribution is -0.384. The van der Waals surface area contributed by atoms with Crippen LogP contribution in [0.15, 0.2) is 52.5 Å². The molecular weight excluding hydrogens is 416 g/mol. The predicted molar refractivity (Wildman–Crippen MR) is 108 cm³/mol. The Morgan fingerprint density at radius 1 is 1.23 bits per heavy atom. The van der Waals surface area contributed by atoms with Crippen LogP contribution < -0.4 is 14.9 Å². The van der Waals surface area contributed by atoms with Crippen molar-refractivity contribution in [3.63, 3.8) is 0 Å². The van der Waals surface area contributed by atoms with Crippen molar-refractivity contribution in [2.75, 3.05) is 27.8 Å². The standard InChI is InChI=1S/C18H20N4O7S/c1-21(30(26,27)17-10-15(28-2)7-8-16(17)29-3)12-18(23)20-19-11-13-5-4-6-14(9-13)22(24)25/h4-11H,12H2,1-3H3,(H,20,23)/b19-11-. The fraction of sp³-hybridized carbons (Fsp3) is 0.222. The number of amides is 1. The van der Waals surface area contributed by atoms with E-state index in [9.17, 15) is 23.3 Å². The number of non-ortho nitro benzene ring substituents is 1. The highest BCUT2D eigenvalue weighted by molar-refractivity contribution is 7.89. The van der Waals surface area contributed by atoms with E-state index >= 15 is 0 Å². The van der Waals surface area contributed by atoms with Gasteiger partial charge in [-0.05, 0) is 12.1 Å². The molecule has 0 saturated heterocycles. The minimum atomic E-state index is -4.06. The third-order valence-corrected chi connectivity index (χ3v) is 5.73. The van der Waals surface area contributed by atoms with Gasteiger partial charge in [0.1, 0.15) is 16.4 Å². The van der Waals surface area contributed by atoms with Gasteiger partial charge in [-0.3, -0.25) is 14.9 Å². The summed E-state index contributed by atoms with van der Waals surface area (Å²) in [4.78, 5) is 22.1. The zero-order valence-electron chi connectivity index (χ0n) is 16.4. The molecule has 0 aliphatic carbocycles. The first-order chi connectivity index (χ1) is 14.2. The topological polar surface area (TPSA) is 140 Å². The Morgan fingerprint density at radius 3 is 2.60 bits per heavy atom. The van der Waals surface area contributed by atoms with E-state index in [0.717, 1.165) is 4.31 Å². The minimum Gasteiger partial charge on any atom is -0.497 e. The second kappa shape index (κ2) is 9.80. The van der Waals surface area contributed by atoms with Crippen molar-refractivity contribution in [2.24, 2.45) is 5.10 Å². The number of hydrogen-bond acceptors (Lipinski definition) is 8. The minimum absolute atomic E-state index is 0.103. The summed E-state index contributed by atoms with van der Waals surface area (Å²) in [6, 6.07) is 9.93. The van der Waals surface area contributed by atoms with Gasteiger partial charge < -0.3 is 9.47 Å². The summed E-state index contributed by atoms with van der Waals surface area (Å²) < 4.78 is 36.6. The molecular formula is C18H20N4O7S. The molecule has 1 N–H and O–H groups in total. The number of hydrogen-bond donors (Lipinski definition) is 1. The fourth-order valence-corrected chi connectivity index (χ4v) is 3.67. The molecule has 12 heteroatoms. The molecule has 0 unspecified atom stereocenters. The number of ether oxygens (including phenoxy) is 2. The molecule has 0 atom stereocenters. The lowest BCUT2D eigenvalue weighted by Gasteiger charge is -2.18. The lowest BCUT2D eigenvalue weighted by Crippen LogP contribution is -2.36. The van der Waals surface area contributed by atoms with Crippen LogP contribution in [0.5, 0.6) is 11.5 Å². The van der Waals surface area contributed by atoms with Gasteiger partial charge in [0.15, 0.2) is 0 Å². The smallest absolute Gasteiger partial charge is 0.270 e. The molecule has 0 aliphatic heterocycles. The van der Waals surface area contributed by atoms with Gasteiger partial charge >= 0.3 is 0 Å². The summed E-state index contributed by atoms with van der Waals surface area (Å²) in [5.41, 5.74) is 2.46. The summed E-state index contributed by atoms with van der Waals surface area (Å²) in [6.07, 6.45) is 1.21. The van der Waals surface area contributed by atoms with Gasteiger partial charge in [-0.2, -0.15) is 9.41 Å². The van der Waals surface area contributed by atoms with Crippen molar-refractivity contribution in [2.45, 2.75) is 4.90 Å². The van der Waals surface area contributed by atoms with E-state index in [1.54, 1.807) is 12.1 Å². The van der Waals surface area contributed by atoms with Gasteiger partial charge in [-0.1, -0.05) is 12.1 Å². The molecule has 0 aliphatic rings. The molecule has 1 amide bonds. The number of carbonyl (C=O) groups is 1. The third kappa shape index (κ3) is 5.52. The second-order valence-electron chi connectivity index (χ2n) is 5.92. The Labute approximate surface area is 173 Å². The molecule has 0 saturated carbocycles. The van der Waals surface area contributed by atoms with Crippen LogP contribution >= 0.6 is 0 Å². The zero-order valence-corrected chi connectivity index (χ0v) is 17.3. The van der Waals surface area contributed by atoms with E-state index < -0.39 is 27.4 Å². The first-order valence-electron chi connectivity index (χ1n) is 8.43. The summed E-state index contributed by atoms with van der Waals surface area (Å²) in [5.74, 6) is -0.287. The first kappa shape index (κ1) is 22.8. The molecule has 0 fully saturated rings. The van der Waals surface area contributed by atoms with E-state index in [-0.39, 0.29) is 16.3 Å². The SMILES string of the molecule is COc1ccc(OC)c(S(=O)(=O)N(C)CC(=O)N/N=C\c2cccc([N+](=O)[O-])c2)c1. The molecule has 11 nitrogen and oxygen atoms in total. The van der Waals surface area contributed by atoms with Crippen LogP contribution in [-0.2, 0) is 14.8 Å². The van der Waals surface area contributed by atoms with Crippen molar-refractivity contribution in [1.82, 2.24) is 9.73 Å². The largest absolute Gasteiger partial charge is 0.497 e. The Bertz CT molecular complexity index is 1070. The predicted octanol–water partition coefficient (Wildman–Crippen LogP) is 1.38. The highest BCUT2D eigenvalue weighted by Crippen LogP contribution is 2.30. The van der Waals surface area contributed by atoms with Crippen LogP contribution in [0.1, 0.15) is 5.56 Å². The van der Waals surface area contributed by atoms with E-state index in [0.29, 0.717) is 11.3 Å². The highest BCUT2D eigenvalue weighted by atomic mass is 32.2. The number of nitro groups is 1. The van der Waals surface area contributed by atoms with Crippen LogP contribution in [-0.4, -0.2) is 57.6 Å². The molecule has 160 valence electrons. The van der Waals surface area contributed by atoms with Crippen molar-refractivity contribution in [3.8, 4) is 11.5 Å². The molecule has 0 aromatic heterocycles. The zero-order chi connectivity index (χ0) is 22.3. The maximum Gasteiger partial charge on any atom is 0.270 e. The van der Waals surface area contributed by atoms with E-state index in [1.165, 1.54) is 57.8 Å². The molecule has 30 heavy (non-hydrogen) atoms. The van der Waals surface area contributed by atoms with Crippen LogP contribution in [0.3, 0.4) is 0 Å². The van der Waals surface area contributed by atoms with E-state index in [1.807, 2.05) is 0 Å². The third-order valence-electron chi connectivity index (χ3n) is 3.91. The number of likely N-dealkylation sites (N-methyl/N-ethyl adjacent to an activating group) is 1. The number of rotatable bonds is 9. The molecule has 2 rings (SSSR count). The van der Waals surface area contributed by atoms with Crippen molar-refractivity contribution < 1.29 is 27.6 Å². The maximum atomic E-state index is 12.8. The Kier molecular flexibility index (Phi) is 7.44.